The molecule has 0 atom stereocenters. The van der Waals surface area contributed by atoms with Gasteiger partial charge in [-0.25, -0.2) is 15.0 Å². The topological polar surface area (TPSA) is 55.6 Å². The highest BCUT2D eigenvalue weighted by molar-refractivity contribution is 7.16. The summed E-state index contributed by atoms with van der Waals surface area (Å²) in [5.74, 6) is 2.85. The van der Waals surface area contributed by atoms with Gasteiger partial charge in [-0.05, 0) is 24.8 Å². The van der Waals surface area contributed by atoms with Crippen LogP contribution in [0.4, 0.5) is 5.82 Å². The molecule has 0 radical (unpaired) electrons. The van der Waals surface area contributed by atoms with Crippen molar-refractivity contribution < 1.29 is 0 Å². The Hall–Kier alpha value is -1.95. The molecule has 21 heavy (non-hydrogen) atoms. The minimum Gasteiger partial charge on any atom is -0.370 e. The Balaban J connectivity index is 1.94. The fourth-order valence-corrected chi connectivity index (χ4v) is 3.14. The van der Waals surface area contributed by atoms with Crippen LogP contribution >= 0.6 is 11.3 Å². The summed E-state index contributed by atoms with van der Waals surface area (Å²) in [7, 11) is 0. The number of hydrogen-bond donors (Lipinski definition) is 1. The van der Waals surface area contributed by atoms with Gasteiger partial charge in [0.2, 0.25) is 0 Å². The highest BCUT2D eigenvalue weighted by Crippen LogP contribution is 2.25. The van der Waals surface area contributed by atoms with Crippen molar-refractivity contribution in [2.24, 2.45) is 0 Å². The molecule has 1 N–H and O–H groups in total. The zero-order valence-corrected chi connectivity index (χ0v) is 13.2. The van der Waals surface area contributed by atoms with Gasteiger partial charge in [-0.3, -0.25) is 0 Å². The first-order chi connectivity index (χ1) is 10.3. The van der Waals surface area contributed by atoms with E-state index in [2.05, 4.69) is 50.1 Å². The molecule has 110 valence electrons. The fraction of sp³-hybridized carbons (Fsp3) is 0.400. The first kappa shape index (κ1) is 14.0. The lowest BCUT2D eigenvalue weighted by molar-refractivity contribution is 0.681. The molecule has 5 nitrogen and oxygen atoms in total. The predicted molar refractivity (Wildman–Crippen MR) is 86.9 cm³/mol. The summed E-state index contributed by atoms with van der Waals surface area (Å²) in [6, 6.07) is 2.07. The summed E-state index contributed by atoms with van der Waals surface area (Å²) >= 11 is 1.65. The van der Waals surface area contributed by atoms with E-state index in [1.54, 1.807) is 11.3 Å². The van der Waals surface area contributed by atoms with Crippen molar-refractivity contribution in [1.29, 1.82) is 0 Å². The third-order valence-electron chi connectivity index (χ3n) is 3.30. The number of anilines is 1. The van der Waals surface area contributed by atoms with Crippen LogP contribution in [-0.2, 0) is 13.0 Å². The number of imidazole rings is 1. The molecule has 0 fully saturated rings. The van der Waals surface area contributed by atoms with E-state index >= 15 is 0 Å². The highest BCUT2D eigenvalue weighted by atomic mass is 32.1. The van der Waals surface area contributed by atoms with Crippen molar-refractivity contribution in [3.05, 3.63) is 35.5 Å². The molecule has 0 aromatic carbocycles. The predicted octanol–water partition coefficient (Wildman–Crippen LogP) is 3.32. The molecule has 3 aromatic heterocycles. The number of hydrogen-bond acceptors (Lipinski definition) is 5. The maximum atomic E-state index is 4.67. The van der Waals surface area contributed by atoms with Crippen molar-refractivity contribution in [1.82, 2.24) is 19.5 Å². The summed E-state index contributed by atoms with van der Waals surface area (Å²) in [4.78, 5) is 14.8. The zero-order valence-electron chi connectivity index (χ0n) is 12.3. The van der Waals surface area contributed by atoms with Crippen LogP contribution in [0.2, 0.25) is 0 Å². The van der Waals surface area contributed by atoms with E-state index in [4.69, 9.17) is 0 Å². The van der Waals surface area contributed by atoms with E-state index in [0.717, 1.165) is 47.1 Å². The van der Waals surface area contributed by atoms with E-state index in [1.807, 2.05) is 12.4 Å². The van der Waals surface area contributed by atoms with Crippen LogP contribution in [0.25, 0.3) is 10.2 Å². The molecule has 0 spiro atoms. The molecular weight excluding hydrogens is 282 g/mol. The van der Waals surface area contributed by atoms with E-state index < -0.39 is 0 Å². The first-order valence-corrected chi connectivity index (χ1v) is 8.17. The van der Waals surface area contributed by atoms with Gasteiger partial charge in [-0.2, -0.15) is 0 Å². The Kier molecular flexibility index (Phi) is 4.15. The van der Waals surface area contributed by atoms with Gasteiger partial charge in [-0.1, -0.05) is 6.92 Å². The van der Waals surface area contributed by atoms with Gasteiger partial charge in [0.25, 0.3) is 0 Å². The summed E-state index contributed by atoms with van der Waals surface area (Å²) in [5.41, 5.74) is 0. The van der Waals surface area contributed by atoms with Crippen LogP contribution in [0.15, 0.2) is 23.8 Å². The number of aryl methyl sites for hydroxylation is 1. The lowest BCUT2D eigenvalue weighted by Crippen LogP contribution is -2.09. The monoisotopic (exact) mass is 301 g/mol. The van der Waals surface area contributed by atoms with Crippen LogP contribution in [-0.4, -0.2) is 26.1 Å². The van der Waals surface area contributed by atoms with Crippen LogP contribution < -0.4 is 5.32 Å². The first-order valence-electron chi connectivity index (χ1n) is 7.29. The normalized spacial score (nSPS) is 11.1. The number of aromatic nitrogens is 4. The van der Waals surface area contributed by atoms with Gasteiger partial charge < -0.3 is 9.88 Å². The number of thiophene rings is 1. The lowest BCUT2D eigenvalue weighted by Gasteiger charge is -2.09. The number of nitrogens with one attached hydrogen (secondary N) is 1. The van der Waals surface area contributed by atoms with Crippen molar-refractivity contribution in [2.45, 2.75) is 33.2 Å². The minimum atomic E-state index is 0.668. The SMILES string of the molecule is CCCc1nccn1Cc1nc(NCC)c2ccsc2n1. The summed E-state index contributed by atoms with van der Waals surface area (Å²) in [6.07, 6.45) is 5.92. The fourth-order valence-electron chi connectivity index (χ4n) is 2.36. The average molecular weight is 301 g/mol. The minimum absolute atomic E-state index is 0.668. The molecule has 0 bridgehead atoms. The second kappa shape index (κ2) is 6.22. The van der Waals surface area contributed by atoms with E-state index in [1.165, 1.54) is 0 Å². The Morgan fingerprint density at radius 1 is 1.29 bits per heavy atom. The van der Waals surface area contributed by atoms with E-state index in [-0.39, 0.29) is 0 Å². The number of fused-ring (bicyclic) bond motifs is 1. The zero-order chi connectivity index (χ0) is 14.7. The van der Waals surface area contributed by atoms with E-state index in [0.29, 0.717) is 6.54 Å². The van der Waals surface area contributed by atoms with Gasteiger partial charge in [-0.15, -0.1) is 11.3 Å². The third kappa shape index (κ3) is 2.90. The summed E-state index contributed by atoms with van der Waals surface area (Å²) < 4.78 is 2.13. The number of rotatable bonds is 6. The van der Waals surface area contributed by atoms with Crippen LogP contribution in [0.1, 0.15) is 31.9 Å². The van der Waals surface area contributed by atoms with Crippen LogP contribution in [0.5, 0.6) is 0 Å². The molecule has 0 amide bonds. The summed E-state index contributed by atoms with van der Waals surface area (Å²) in [5, 5.41) is 6.49. The van der Waals surface area contributed by atoms with Crippen LogP contribution in [0.3, 0.4) is 0 Å². The summed E-state index contributed by atoms with van der Waals surface area (Å²) in [6.45, 7) is 5.76. The standard InChI is InChI=1S/C15H19N5S/c1-3-5-13-17-7-8-20(13)10-12-18-14(16-4-2)11-6-9-21-15(11)19-12/h6-9H,3-5,10H2,1-2H3,(H,16,18,19). The largest absolute Gasteiger partial charge is 0.370 e. The Labute approximate surface area is 128 Å². The van der Waals surface area contributed by atoms with Gasteiger partial charge in [0.1, 0.15) is 16.5 Å². The number of nitrogens with zero attached hydrogens (tertiary/aromatic N) is 4. The molecule has 3 heterocycles. The van der Waals surface area contributed by atoms with Crippen molar-refractivity contribution in [2.75, 3.05) is 11.9 Å². The Bertz CT molecular complexity index is 731. The molecule has 0 aliphatic heterocycles. The quantitative estimate of drug-likeness (QED) is 0.759. The third-order valence-corrected chi connectivity index (χ3v) is 4.11. The average Bonchev–Trinajstić information content (AvgIpc) is 3.09. The molecule has 0 saturated carbocycles. The van der Waals surface area contributed by atoms with Crippen molar-refractivity contribution >= 4 is 27.4 Å². The molecule has 3 aromatic rings. The van der Waals surface area contributed by atoms with Gasteiger partial charge in [0.15, 0.2) is 5.82 Å². The molecular formula is C15H19N5S. The molecule has 0 unspecified atom stereocenters. The molecule has 0 saturated heterocycles. The maximum absolute atomic E-state index is 4.67. The van der Waals surface area contributed by atoms with Gasteiger partial charge in [0, 0.05) is 25.4 Å². The molecule has 6 heteroatoms. The maximum Gasteiger partial charge on any atom is 0.152 e. The Morgan fingerprint density at radius 3 is 3.00 bits per heavy atom. The van der Waals surface area contributed by atoms with Gasteiger partial charge >= 0.3 is 0 Å². The van der Waals surface area contributed by atoms with Crippen LogP contribution in [0, 0.1) is 0 Å². The molecule has 3 rings (SSSR count). The van der Waals surface area contributed by atoms with Crippen molar-refractivity contribution in [3.8, 4) is 0 Å². The lowest BCUT2D eigenvalue weighted by atomic mass is 10.3. The van der Waals surface area contributed by atoms with E-state index in [9.17, 15) is 0 Å². The van der Waals surface area contributed by atoms with Gasteiger partial charge in [0.05, 0.1) is 11.9 Å². The molecule has 0 aliphatic carbocycles. The highest BCUT2D eigenvalue weighted by Gasteiger charge is 2.10. The Morgan fingerprint density at radius 2 is 2.19 bits per heavy atom. The second-order valence-electron chi connectivity index (χ2n) is 4.88. The smallest absolute Gasteiger partial charge is 0.152 e. The molecule has 0 aliphatic rings. The van der Waals surface area contributed by atoms with Crippen molar-refractivity contribution in [3.63, 3.8) is 0 Å². The second-order valence-corrected chi connectivity index (χ2v) is 5.77.